The van der Waals surface area contributed by atoms with Gasteiger partial charge in [0, 0.05) is 7.11 Å². The summed E-state index contributed by atoms with van der Waals surface area (Å²) in [6.45, 7) is 2.87. The second-order valence-electron chi connectivity index (χ2n) is 6.04. The Bertz CT molecular complexity index is 398. The van der Waals surface area contributed by atoms with Crippen molar-refractivity contribution in [2.24, 2.45) is 11.7 Å². The fourth-order valence-electron chi connectivity index (χ4n) is 3.29. The van der Waals surface area contributed by atoms with Crippen molar-refractivity contribution < 1.29 is 9.47 Å². The van der Waals surface area contributed by atoms with Gasteiger partial charge in [-0.05, 0) is 42.9 Å². The molecule has 0 amide bonds. The molecule has 1 aliphatic rings. The molecule has 0 spiro atoms. The van der Waals surface area contributed by atoms with Crippen LogP contribution in [0.2, 0.25) is 0 Å². The van der Waals surface area contributed by atoms with Gasteiger partial charge >= 0.3 is 0 Å². The molecule has 2 rings (SSSR count). The first-order valence-corrected chi connectivity index (χ1v) is 8.27. The maximum atomic E-state index is 6.46. The third-order valence-corrected chi connectivity index (χ3v) is 4.48. The summed E-state index contributed by atoms with van der Waals surface area (Å²) in [6.07, 6.45) is 7.59. The normalized spacial score (nSPS) is 19.2. The molecule has 3 nitrogen and oxygen atoms in total. The number of hydrogen-bond donors (Lipinski definition) is 1. The molecule has 0 aliphatic heterocycles. The summed E-state index contributed by atoms with van der Waals surface area (Å²) in [5.74, 6) is 1.51. The Hall–Kier alpha value is -1.06. The van der Waals surface area contributed by atoms with Crippen LogP contribution in [-0.2, 0) is 4.74 Å². The minimum absolute atomic E-state index is 0.0571. The Labute approximate surface area is 128 Å². The van der Waals surface area contributed by atoms with Gasteiger partial charge in [-0.25, -0.2) is 0 Å². The fourth-order valence-corrected chi connectivity index (χ4v) is 3.29. The summed E-state index contributed by atoms with van der Waals surface area (Å²) < 4.78 is 11.4. The molecule has 0 aromatic heterocycles. The minimum Gasteiger partial charge on any atom is -0.494 e. The second-order valence-corrected chi connectivity index (χ2v) is 6.04. The van der Waals surface area contributed by atoms with Gasteiger partial charge in [0.1, 0.15) is 5.75 Å². The van der Waals surface area contributed by atoms with Gasteiger partial charge in [-0.3, -0.25) is 0 Å². The van der Waals surface area contributed by atoms with Gasteiger partial charge in [0.2, 0.25) is 0 Å². The highest BCUT2D eigenvalue weighted by Gasteiger charge is 2.29. The molecule has 0 radical (unpaired) electrons. The fraction of sp³-hybridized carbons (Fsp3) is 0.667. The van der Waals surface area contributed by atoms with Crippen LogP contribution in [0.5, 0.6) is 5.75 Å². The summed E-state index contributed by atoms with van der Waals surface area (Å²) in [5.41, 5.74) is 7.60. The third-order valence-electron chi connectivity index (χ3n) is 4.48. The van der Waals surface area contributed by atoms with E-state index in [9.17, 15) is 0 Å². The monoisotopic (exact) mass is 291 g/mol. The molecule has 2 atom stereocenters. The average molecular weight is 291 g/mol. The topological polar surface area (TPSA) is 44.5 Å². The predicted octanol–water partition coefficient (Wildman–Crippen LogP) is 4.07. The molecule has 21 heavy (non-hydrogen) atoms. The highest BCUT2D eigenvalue weighted by atomic mass is 16.5. The average Bonchev–Trinajstić information content (AvgIpc) is 2.55. The molecule has 1 aromatic carbocycles. The molecule has 118 valence electrons. The number of nitrogens with two attached hydrogens (primary N) is 1. The van der Waals surface area contributed by atoms with Crippen LogP contribution < -0.4 is 10.5 Å². The Morgan fingerprint density at radius 3 is 2.38 bits per heavy atom. The Morgan fingerprint density at radius 1 is 1.14 bits per heavy atom. The van der Waals surface area contributed by atoms with Gasteiger partial charge in [0.25, 0.3) is 0 Å². The molecule has 0 saturated heterocycles. The van der Waals surface area contributed by atoms with Crippen molar-refractivity contribution in [2.75, 3.05) is 13.7 Å². The molecular formula is C18H29NO2. The SMILES string of the molecule is CCCOc1ccc(C(N)C(OC)C2CCCCC2)cc1. The molecule has 2 N–H and O–H groups in total. The summed E-state index contributed by atoms with van der Waals surface area (Å²) in [5, 5.41) is 0. The third kappa shape index (κ3) is 4.45. The standard InChI is InChI=1S/C18H29NO2/c1-3-13-21-16-11-9-14(10-12-16)17(19)18(20-2)15-7-5-4-6-8-15/h9-12,15,17-18H,3-8,13,19H2,1-2H3. The molecule has 0 heterocycles. The smallest absolute Gasteiger partial charge is 0.119 e. The van der Waals surface area contributed by atoms with Crippen LogP contribution in [0.3, 0.4) is 0 Å². The van der Waals surface area contributed by atoms with E-state index in [0.29, 0.717) is 5.92 Å². The lowest BCUT2D eigenvalue weighted by Gasteiger charge is -2.33. The van der Waals surface area contributed by atoms with Gasteiger partial charge in [-0.1, -0.05) is 38.3 Å². The van der Waals surface area contributed by atoms with Crippen LogP contribution in [0.4, 0.5) is 0 Å². The number of benzene rings is 1. The summed E-state index contributed by atoms with van der Waals surface area (Å²) in [4.78, 5) is 0. The molecule has 1 aromatic rings. The van der Waals surface area contributed by atoms with Gasteiger partial charge in [-0.15, -0.1) is 0 Å². The highest BCUT2D eigenvalue weighted by Crippen LogP contribution is 2.33. The first kappa shape index (κ1) is 16.3. The van der Waals surface area contributed by atoms with Crippen LogP contribution >= 0.6 is 0 Å². The first-order chi connectivity index (χ1) is 10.3. The molecule has 1 aliphatic carbocycles. The Morgan fingerprint density at radius 2 is 1.81 bits per heavy atom. The van der Waals surface area contributed by atoms with Crippen molar-refractivity contribution in [3.63, 3.8) is 0 Å². The van der Waals surface area contributed by atoms with Gasteiger partial charge < -0.3 is 15.2 Å². The van der Waals surface area contributed by atoms with E-state index in [0.717, 1.165) is 24.3 Å². The largest absolute Gasteiger partial charge is 0.494 e. The van der Waals surface area contributed by atoms with E-state index in [2.05, 4.69) is 19.1 Å². The van der Waals surface area contributed by atoms with E-state index >= 15 is 0 Å². The van der Waals surface area contributed by atoms with Crippen molar-refractivity contribution in [2.45, 2.75) is 57.6 Å². The van der Waals surface area contributed by atoms with E-state index in [4.69, 9.17) is 15.2 Å². The van der Waals surface area contributed by atoms with Crippen molar-refractivity contribution in [1.82, 2.24) is 0 Å². The molecule has 3 heteroatoms. The summed E-state index contributed by atoms with van der Waals surface area (Å²) >= 11 is 0. The quantitative estimate of drug-likeness (QED) is 0.823. The van der Waals surface area contributed by atoms with Gasteiger partial charge in [-0.2, -0.15) is 0 Å². The van der Waals surface area contributed by atoms with E-state index in [1.54, 1.807) is 7.11 Å². The molecular weight excluding hydrogens is 262 g/mol. The van der Waals surface area contributed by atoms with Crippen LogP contribution in [0, 0.1) is 5.92 Å². The lowest BCUT2D eigenvalue weighted by Crippen LogP contribution is -2.35. The van der Waals surface area contributed by atoms with Crippen LogP contribution in [0.25, 0.3) is 0 Å². The lowest BCUT2D eigenvalue weighted by molar-refractivity contribution is 0.0173. The zero-order valence-electron chi connectivity index (χ0n) is 13.4. The van der Waals surface area contributed by atoms with E-state index in [1.165, 1.54) is 32.1 Å². The lowest BCUT2D eigenvalue weighted by atomic mass is 9.81. The van der Waals surface area contributed by atoms with Crippen LogP contribution in [0.15, 0.2) is 24.3 Å². The van der Waals surface area contributed by atoms with Crippen molar-refractivity contribution >= 4 is 0 Å². The summed E-state index contributed by atoms with van der Waals surface area (Å²) in [6, 6.07) is 8.12. The van der Waals surface area contributed by atoms with Crippen molar-refractivity contribution in [3.05, 3.63) is 29.8 Å². The molecule has 2 unspecified atom stereocenters. The molecule has 1 fully saturated rings. The summed E-state index contributed by atoms with van der Waals surface area (Å²) in [7, 11) is 1.79. The van der Waals surface area contributed by atoms with Crippen LogP contribution in [-0.4, -0.2) is 19.8 Å². The number of methoxy groups -OCH3 is 1. The number of rotatable bonds is 7. The first-order valence-electron chi connectivity index (χ1n) is 8.27. The van der Waals surface area contributed by atoms with E-state index in [-0.39, 0.29) is 12.1 Å². The van der Waals surface area contributed by atoms with Gasteiger partial charge in [0.15, 0.2) is 0 Å². The van der Waals surface area contributed by atoms with Crippen molar-refractivity contribution in [3.8, 4) is 5.75 Å². The highest BCUT2D eigenvalue weighted by molar-refractivity contribution is 5.29. The Kier molecular flexibility index (Phi) is 6.52. The zero-order chi connectivity index (χ0) is 15.1. The van der Waals surface area contributed by atoms with E-state index in [1.807, 2.05) is 12.1 Å². The number of ether oxygens (including phenoxy) is 2. The molecule has 0 bridgehead atoms. The van der Waals surface area contributed by atoms with E-state index < -0.39 is 0 Å². The van der Waals surface area contributed by atoms with Crippen molar-refractivity contribution in [1.29, 1.82) is 0 Å². The van der Waals surface area contributed by atoms with Gasteiger partial charge in [0.05, 0.1) is 18.8 Å². The van der Waals surface area contributed by atoms with Crippen LogP contribution in [0.1, 0.15) is 57.1 Å². The number of hydrogen-bond acceptors (Lipinski definition) is 3. The maximum Gasteiger partial charge on any atom is 0.119 e. The minimum atomic E-state index is -0.0571. The second kappa shape index (κ2) is 8.40. The zero-order valence-corrected chi connectivity index (χ0v) is 13.4. The molecule has 1 saturated carbocycles. The predicted molar refractivity (Wildman–Crippen MR) is 86.5 cm³/mol. The maximum absolute atomic E-state index is 6.46. The Balaban J connectivity index is 2.00.